The van der Waals surface area contributed by atoms with Gasteiger partial charge < -0.3 is 15.8 Å². The Labute approximate surface area is 193 Å². The van der Waals surface area contributed by atoms with E-state index in [9.17, 15) is 13.6 Å². The number of carbonyl (C=O) groups excluding carboxylic acids is 1. The Balaban J connectivity index is 1.97. The highest BCUT2D eigenvalue weighted by Gasteiger charge is 2.22. The fraction of sp³-hybridized carbons (Fsp3) is 0.200. The van der Waals surface area contributed by atoms with Crippen LogP contribution in [0.1, 0.15) is 13.3 Å². The molecular formula is C20H16BrClF2N6O2. The molecule has 166 valence electrons. The topological polar surface area (TPSA) is 107 Å². The normalized spacial score (nSPS) is 12.4. The van der Waals surface area contributed by atoms with E-state index >= 15 is 0 Å². The summed E-state index contributed by atoms with van der Waals surface area (Å²) in [5.74, 6) is -0.392. The van der Waals surface area contributed by atoms with Crippen LogP contribution in [0.25, 0.3) is 27.9 Å². The number of alkyl halides is 2. The number of nitrogens with zero attached hydrogens (tertiary/aromatic N) is 4. The highest BCUT2D eigenvalue weighted by atomic mass is 79.9. The minimum Gasteiger partial charge on any atom is -0.434 e. The fourth-order valence-corrected chi connectivity index (χ4v) is 3.83. The molecule has 0 saturated heterocycles. The molecule has 0 spiro atoms. The third kappa shape index (κ3) is 4.17. The summed E-state index contributed by atoms with van der Waals surface area (Å²) in [6, 6.07) is 8.99. The van der Waals surface area contributed by atoms with Crippen LogP contribution in [0.2, 0.25) is 5.02 Å². The number of fused-ring (bicyclic) bond motifs is 3. The maximum Gasteiger partial charge on any atom is 0.387 e. The van der Waals surface area contributed by atoms with Gasteiger partial charge in [0.15, 0.2) is 11.5 Å². The van der Waals surface area contributed by atoms with Crippen LogP contribution in [0.15, 0.2) is 40.9 Å². The second-order valence-electron chi connectivity index (χ2n) is 6.77. The smallest absolute Gasteiger partial charge is 0.387 e. The first kappa shape index (κ1) is 22.2. The number of hydrogen-bond acceptors (Lipinski definition) is 6. The molecule has 4 rings (SSSR count). The van der Waals surface area contributed by atoms with Crippen LogP contribution in [0, 0.1) is 0 Å². The Morgan fingerprint density at radius 3 is 2.78 bits per heavy atom. The maximum absolute atomic E-state index is 12.9. The summed E-state index contributed by atoms with van der Waals surface area (Å²) in [7, 11) is 0. The van der Waals surface area contributed by atoms with E-state index in [0.29, 0.717) is 27.4 Å². The Morgan fingerprint density at radius 1 is 1.31 bits per heavy atom. The molecule has 0 aliphatic rings. The average Bonchev–Trinajstić information content (AvgIpc) is 3.17. The number of amides is 1. The van der Waals surface area contributed by atoms with E-state index in [1.807, 2.05) is 6.07 Å². The van der Waals surface area contributed by atoms with Crippen molar-refractivity contribution in [2.75, 3.05) is 5.32 Å². The summed E-state index contributed by atoms with van der Waals surface area (Å²) >= 11 is 9.42. The molecule has 8 nitrogen and oxygen atoms in total. The number of carbonyl (C=O) groups is 1. The van der Waals surface area contributed by atoms with Gasteiger partial charge in [-0.15, -0.1) is 5.10 Å². The van der Waals surface area contributed by atoms with Gasteiger partial charge in [-0.1, -0.05) is 24.6 Å². The van der Waals surface area contributed by atoms with Gasteiger partial charge in [-0.05, 0) is 52.7 Å². The van der Waals surface area contributed by atoms with Crippen molar-refractivity contribution in [3.8, 4) is 17.1 Å². The number of aromatic nitrogens is 4. The van der Waals surface area contributed by atoms with Gasteiger partial charge in [0.05, 0.1) is 11.1 Å². The van der Waals surface area contributed by atoms with E-state index in [1.54, 1.807) is 19.1 Å². The maximum atomic E-state index is 12.9. The lowest BCUT2D eigenvalue weighted by Gasteiger charge is -2.15. The zero-order valence-corrected chi connectivity index (χ0v) is 18.9. The highest BCUT2D eigenvalue weighted by Crippen LogP contribution is 2.34. The molecule has 32 heavy (non-hydrogen) atoms. The highest BCUT2D eigenvalue weighted by molar-refractivity contribution is 9.10. The quantitative estimate of drug-likeness (QED) is 0.364. The number of para-hydroxylation sites is 1. The molecule has 2 aromatic heterocycles. The summed E-state index contributed by atoms with van der Waals surface area (Å²) in [5.41, 5.74) is 6.66. The summed E-state index contributed by atoms with van der Waals surface area (Å²) in [5, 5.41) is 8.32. The van der Waals surface area contributed by atoms with Gasteiger partial charge in [0.2, 0.25) is 11.9 Å². The molecule has 0 saturated carbocycles. The van der Waals surface area contributed by atoms with Crippen molar-refractivity contribution in [1.29, 1.82) is 0 Å². The summed E-state index contributed by atoms with van der Waals surface area (Å²) in [6.45, 7) is -1.26. The molecule has 0 fully saturated rings. The first-order valence-corrected chi connectivity index (χ1v) is 10.6. The number of nitrogens with two attached hydrogens (primary N) is 1. The van der Waals surface area contributed by atoms with Crippen molar-refractivity contribution in [2.24, 2.45) is 5.73 Å². The summed E-state index contributed by atoms with van der Waals surface area (Å²) in [6.07, 6.45) is 0.414. The summed E-state index contributed by atoms with van der Waals surface area (Å²) < 4.78 is 32.6. The Morgan fingerprint density at radius 2 is 2.09 bits per heavy atom. The second kappa shape index (κ2) is 8.83. The SMILES string of the molecule is CCC(Nc1nc2c(Br)cccc2c2nc(-c3ccc(Cl)cc3OC(F)F)nn12)C(N)=O. The van der Waals surface area contributed by atoms with Crippen LogP contribution in [0.4, 0.5) is 14.7 Å². The van der Waals surface area contributed by atoms with Crippen LogP contribution in [0.3, 0.4) is 0 Å². The Bertz CT molecular complexity index is 1330. The second-order valence-corrected chi connectivity index (χ2v) is 8.06. The number of halogens is 4. The molecule has 0 bridgehead atoms. The van der Waals surface area contributed by atoms with Crippen molar-refractivity contribution in [1.82, 2.24) is 19.6 Å². The van der Waals surface area contributed by atoms with Crippen molar-refractivity contribution in [3.05, 3.63) is 45.9 Å². The molecule has 4 aromatic rings. The number of ether oxygens (including phenoxy) is 1. The van der Waals surface area contributed by atoms with Crippen LogP contribution in [-0.4, -0.2) is 38.1 Å². The predicted octanol–water partition coefficient (Wildman–Crippen LogP) is 4.64. The lowest BCUT2D eigenvalue weighted by molar-refractivity contribution is -0.118. The molecule has 0 aliphatic heterocycles. The first-order chi connectivity index (χ1) is 15.3. The molecule has 12 heteroatoms. The van der Waals surface area contributed by atoms with Crippen molar-refractivity contribution < 1.29 is 18.3 Å². The Hall–Kier alpha value is -3.05. The van der Waals surface area contributed by atoms with E-state index in [4.69, 9.17) is 17.3 Å². The molecule has 2 heterocycles. The minimum atomic E-state index is -3.05. The number of anilines is 1. The standard InChI is InChI=1S/C20H16BrClF2N6O2/c1-2-13(16(25)31)26-20-27-15-11(4-3-5-12(15)21)18-28-17(29-30(18)20)10-7-6-9(22)8-14(10)32-19(23)24/h3-8,13,19H,2H2,1H3,(H2,25,31)(H,26,27). The zero-order chi connectivity index (χ0) is 23.0. The van der Waals surface area contributed by atoms with Crippen molar-refractivity contribution in [2.45, 2.75) is 26.0 Å². The molecule has 1 atom stereocenters. The molecule has 3 N–H and O–H groups in total. The fourth-order valence-electron chi connectivity index (χ4n) is 3.21. The number of nitrogens with one attached hydrogen (secondary N) is 1. The van der Waals surface area contributed by atoms with Crippen molar-refractivity contribution >= 4 is 55.9 Å². The lowest BCUT2D eigenvalue weighted by atomic mass is 10.2. The molecule has 0 radical (unpaired) electrons. The van der Waals surface area contributed by atoms with Crippen molar-refractivity contribution in [3.63, 3.8) is 0 Å². The van der Waals surface area contributed by atoms with E-state index in [-0.39, 0.29) is 28.1 Å². The average molecular weight is 526 g/mol. The van der Waals surface area contributed by atoms with Gasteiger partial charge in [0, 0.05) is 14.9 Å². The molecule has 2 aromatic carbocycles. The van der Waals surface area contributed by atoms with Crippen LogP contribution < -0.4 is 15.8 Å². The van der Waals surface area contributed by atoms with E-state index in [2.05, 4.69) is 41.1 Å². The monoisotopic (exact) mass is 524 g/mol. The Kier molecular flexibility index (Phi) is 6.11. The third-order valence-electron chi connectivity index (χ3n) is 4.71. The third-order valence-corrected chi connectivity index (χ3v) is 5.58. The van der Waals surface area contributed by atoms with E-state index in [1.165, 1.54) is 22.7 Å². The number of primary amides is 1. The predicted molar refractivity (Wildman–Crippen MR) is 120 cm³/mol. The zero-order valence-electron chi connectivity index (χ0n) is 16.5. The largest absolute Gasteiger partial charge is 0.434 e. The summed E-state index contributed by atoms with van der Waals surface area (Å²) in [4.78, 5) is 20.9. The van der Waals surface area contributed by atoms with Crippen LogP contribution in [-0.2, 0) is 4.79 Å². The van der Waals surface area contributed by atoms with Crippen LogP contribution >= 0.6 is 27.5 Å². The molecule has 0 aliphatic carbocycles. The first-order valence-electron chi connectivity index (χ1n) is 9.44. The van der Waals surface area contributed by atoms with Gasteiger partial charge in [-0.3, -0.25) is 4.79 Å². The van der Waals surface area contributed by atoms with Gasteiger partial charge in [-0.25, -0.2) is 9.97 Å². The van der Waals surface area contributed by atoms with Crippen LogP contribution in [0.5, 0.6) is 5.75 Å². The molecular weight excluding hydrogens is 510 g/mol. The van der Waals surface area contributed by atoms with Gasteiger partial charge in [-0.2, -0.15) is 13.3 Å². The number of benzene rings is 2. The van der Waals surface area contributed by atoms with Gasteiger partial charge in [0.25, 0.3) is 0 Å². The minimum absolute atomic E-state index is 0.113. The van der Waals surface area contributed by atoms with Gasteiger partial charge in [0.1, 0.15) is 11.8 Å². The van der Waals surface area contributed by atoms with E-state index < -0.39 is 18.6 Å². The molecule has 1 amide bonds. The molecule has 1 unspecified atom stereocenters. The number of rotatable bonds is 7. The van der Waals surface area contributed by atoms with Gasteiger partial charge >= 0.3 is 6.61 Å². The number of hydrogen-bond donors (Lipinski definition) is 2. The lowest BCUT2D eigenvalue weighted by Crippen LogP contribution is -2.35. The van der Waals surface area contributed by atoms with E-state index in [0.717, 1.165) is 0 Å².